The lowest BCUT2D eigenvalue weighted by molar-refractivity contribution is -0.120. The van der Waals surface area contributed by atoms with Crippen molar-refractivity contribution >= 4 is 11.8 Å². The number of amides is 2. The Hall–Kier alpha value is -1.18. The van der Waals surface area contributed by atoms with Crippen molar-refractivity contribution in [2.75, 3.05) is 53.1 Å². The summed E-state index contributed by atoms with van der Waals surface area (Å²) in [5, 5.41) is 8.07. The van der Waals surface area contributed by atoms with Crippen LogP contribution in [0, 0.1) is 0 Å². The minimum absolute atomic E-state index is 0.0485. The molecule has 2 amide bonds. The van der Waals surface area contributed by atoms with Crippen LogP contribution in [0.4, 0.5) is 0 Å². The number of carbonyl (C=O) groups excluding carboxylic acids is 2. The van der Waals surface area contributed by atoms with Gasteiger partial charge in [-0.15, -0.1) is 0 Å². The van der Waals surface area contributed by atoms with Crippen molar-refractivity contribution in [1.29, 1.82) is 0 Å². The van der Waals surface area contributed by atoms with Gasteiger partial charge in [-0.3, -0.25) is 9.59 Å². The molecule has 18 heavy (non-hydrogen) atoms. The van der Waals surface area contributed by atoms with E-state index in [1.807, 2.05) is 0 Å². The molecular weight excluding hydrogens is 238 g/mol. The molecule has 0 aromatic carbocycles. The fourth-order valence-corrected chi connectivity index (χ4v) is 1.11. The molecule has 0 spiro atoms. The Morgan fingerprint density at radius 3 is 2.00 bits per heavy atom. The minimum atomic E-state index is -0.0628. The highest BCUT2D eigenvalue weighted by Gasteiger charge is 1.97. The molecule has 0 bridgehead atoms. The van der Waals surface area contributed by atoms with E-state index in [0.717, 1.165) is 0 Å². The first-order valence-corrected chi connectivity index (χ1v) is 5.98. The Morgan fingerprint density at radius 2 is 1.50 bits per heavy atom. The number of hydrogen-bond donors (Lipinski definition) is 3. The standard InChI is InChI=1S/C11H23N3O4/c1-10(15)13-3-5-17-7-8-18-6-4-14-11(16)9-12-2/h12H,3-9H2,1-2H3,(H,13,15)(H,14,16). The fourth-order valence-electron chi connectivity index (χ4n) is 1.11. The quantitative estimate of drug-likeness (QED) is 0.394. The van der Waals surface area contributed by atoms with Crippen LogP contribution in [0.3, 0.4) is 0 Å². The van der Waals surface area contributed by atoms with E-state index in [-0.39, 0.29) is 11.8 Å². The summed E-state index contributed by atoms with van der Waals surface area (Å²) in [6.07, 6.45) is 0. The summed E-state index contributed by atoms with van der Waals surface area (Å²) in [6, 6.07) is 0. The predicted octanol–water partition coefficient (Wildman–Crippen LogP) is -1.51. The Kier molecular flexibility index (Phi) is 11.5. The van der Waals surface area contributed by atoms with E-state index in [1.54, 1.807) is 7.05 Å². The second-order valence-electron chi connectivity index (χ2n) is 3.59. The molecule has 0 saturated heterocycles. The number of likely N-dealkylation sites (N-methyl/N-ethyl adjacent to an activating group) is 1. The van der Waals surface area contributed by atoms with E-state index in [4.69, 9.17) is 9.47 Å². The summed E-state index contributed by atoms with van der Waals surface area (Å²) in [5.41, 5.74) is 0. The van der Waals surface area contributed by atoms with Crippen LogP contribution in [-0.2, 0) is 19.1 Å². The van der Waals surface area contributed by atoms with Crippen LogP contribution in [0.2, 0.25) is 0 Å². The second kappa shape index (κ2) is 12.3. The molecule has 0 aromatic heterocycles. The first kappa shape index (κ1) is 16.8. The highest BCUT2D eigenvalue weighted by Crippen LogP contribution is 1.78. The molecule has 0 aliphatic carbocycles. The van der Waals surface area contributed by atoms with E-state index in [1.165, 1.54) is 6.92 Å². The van der Waals surface area contributed by atoms with E-state index in [9.17, 15) is 9.59 Å². The summed E-state index contributed by atoms with van der Waals surface area (Å²) >= 11 is 0. The van der Waals surface area contributed by atoms with Crippen LogP contribution in [0.1, 0.15) is 6.92 Å². The Bertz CT molecular complexity index is 236. The third-order valence-corrected chi connectivity index (χ3v) is 1.90. The maximum Gasteiger partial charge on any atom is 0.234 e. The third-order valence-electron chi connectivity index (χ3n) is 1.90. The van der Waals surface area contributed by atoms with Crippen LogP contribution in [0.25, 0.3) is 0 Å². The molecule has 0 rings (SSSR count). The van der Waals surface area contributed by atoms with Gasteiger partial charge in [0, 0.05) is 20.0 Å². The maximum atomic E-state index is 11.0. The first-order valence-electron chi connectivity index (χ1n) is 5.98. The Balaban J connectivity index is 3.07. The summed E-state index contributed by atoms with van der Waals surface area (Å²) in [4.78, 5) is 21.5. The van der Waals surface area contributed by atoms with Gasteiger partial charge in [0.2, 0.25) is 11.8 Å². The van der Waals surface area contributed by atoms with Gasteiger partial charge in [-0.25, -0.2) is 0 Å². The zero-order chi connectivity index (χ0) is 13.6. The van der Waals surface area contributed by atoms with Gasteiger partial charge in [0.15, 0.2) is 0 Å². The molecule has 0 fully saturated rings. The molecule has 0 aliphatic heterocycles. The minimum Gasteiger partial charge on any atom is -0.377 e. The van der Waals surface area contributed by atoms with Gasteiger partial charge in [-0.05, 0) is 7.05 Å². The van der Waals surface area contributed by atoms with Crippen LogP contribution < -0.4 is 16.0 Å². The van der Waals surface area contributed by atoms with E-state index >= 15 is 0 Å². The number of carbonyl (C=O) groups is 2. The molecule has 7 heteroatoms. The number of ether oxygens (including phenoxy) is 2. The average Bonchev–Trinajstić information content (AvgIpc) is 2.31. The molecule has 7 nitrogen and oxygen atoms in total. The Morgan fingerprint density at radius 1 is 0.944 bits per heavy atom. The van der Waals surface area contributed by atoms with E-state index < -0.39 is 0 Å². The van der Waals surface area contributed by atoms with Gasteiger partial charge in [0.05, 0.1) is 33.0 Å². The van der Waals surface area contributed by atoms with Crippen molar-refractivity contribution in [1.82, 2.24) is 16.0 Å². The van der Waals surface area contributed by atoms with Gasteiger partial charge >= 0.3 is 0 Å². The molecule has 0 unspecified atom stereocenters. The maximum absolute atomic E-state index is 11.0. The van der Waals surface area contributed by atoms with E-state index in [0.29, 0.717) is 46.1 Å². The van der Waals surface area contributed by atoms with Crippen molar-refractivity contribution in [3.8, 4) is 0 Å². The van der Waals surface area contributed by atoms with Crippen molar-refractivity contribution in [2.45, 2.75) is 6.92 Å². The SMILES string of the molecule is CNCC(=O)NCCOCCOCCNC(C)=O. The predicted molar refractivity (Wildman–Crippen MR) is 67.3 cm³/mol. The summed E-state index contributed by atoms with van der Waals surface area (Å²) in [6.45, 7) is 4.66. The summed E-state index contributed by atoms with van der Waals surface area (Å²) < 4.78 is 10.5. The lowest BCUT2D eigenvalue weighted by atomic mass is 10.5. The van der Waals surface area contributed by atoms with Crippen molar-refractivity contribution in [3.05, 3.63) is 0 Å². The van der Waals surface area contributed by atoms with Crippen LogP contribution >= 0.6 is 0 Å². The number of nitrogens with one attached hydrogen (secondary N) is 3. The highest BCUT2D eigenvalue weighted by molar-refractivity contribution is 5.77. The molecule has 106 valence electrons. The molecular formula is C11H23N3O4. The molecule has 0 aliphatic rings. The average molecular weight is 261 g/mol. The van der Waals surface area contributed by atoms with E-state index in [2.05, 4.69) is 16.0 Å². The Labute approximate surface area is 108 Å². The smallest absolute Gasteiger partial charge is 0.234 e. The molecule has 0 radical (unpaired) electrons. The van der Waals surface area contributed by atoms with Gasteiger partial charge in [0.25, 0.3) is 0 Å². The van der Waals surface area contributed by atoms with Gasteiger partial charge in [0.1, 0.15) is 0 Å². The molecule has 0 atom stereocenters. The van der Waals surface area contributed by atoms with Gasteiger partial charge in [-0.2, -0.15) is 0 Å². The van der Waals surface area contributed by atoms with Crippen LogP contribution in [-0.4, -0.2) is 64.9 Å². The van der Waals surface area contributed by atoms with Gasteiger partial charge in [-0.1, -0.05) is 0 Å². The number of rotatable bonds is 11. The lowest BCUT2D eigenvalue weighted by Gasteiger charge is -2.07. The normalized spacial score (nSPS) is 10.1. The first-order chi connectivity index (χ1) is 8.66. The zero-order valence-corrected chi connectivity index (χ0v) is 11.1. The third kappa shape index (κ3) is 12.9. The monoisotopic (exact) mass is 261 g/mol. The highest BCUT2D eigenvalue weighted by atomic mass is 16.5. The van der Waals surface area contributed by atoms with Crippen LogP contribution in [0.5, 0.6) is 0 Å². The topological polar surface area (TPSA) is 88.7 Å². The number of hydrogen-bond acceptors (Lipinski definition) is 5. The summed E-state index contributed by atoms with van der Waals surface area (Å²) in [7, 11) is 1.72. The van der Waals surface area contributed by atoms with Crippen molar-refractivity contribution in [3.63, 3.8) is 0 Å². The zero-order valence-electron chi connectivity index (χ0n) is 11.1. The lowest BCUT2D eigenvalue weighted by Crippen LogP contribution is -2.34. The second-order valence-corrected chi connectivity index (χ2v) is 3.59. The molecule has 3 N–H and O–H groups in total. The fraction of sp³-hybridized carbons (Fsp3) is 0.818. The van der Waals surface area contributed by atoms with Crippen LogP contribution in [0.15, 0.2) is 0 Å². The molecule has 0 aromatic rings. The molecule has 0 heterocycles. The molecule has 0 saturated carbocycles. The van der Waals surface area contributed by atoms with Crippen molar-refractivity contribution < 1.29 is 19.1 Å². The largest absolute Gasteiger partial charge is 0.377 e. The van der Waals surface area contributed by atoms with Crippen molar-refractivity contribution in [2.24, 2.45) is 0 Å². The summed E-state index contributed by atoms with van der Waals surface area (Å²) in [5.74, 6) is -0.111. The van der Waals surface area contributed by atoms with Gasteiger partial charge < -0.3 is 25.4 Å².